The maximum absolute atomic E-state index is 12.0. The number of nitro groups is 1. The number of nitro benzene ring substituents is 1. The lowest BCUT2D eigenvalue weighted by Gasteiger charge is -2.26. The highest BCUT2D eigenvalue weighted by atomic mass is 16.6. The molecule has 122 valence electrons. The van der Waals surface area contributed by atoms with Crippen LogP contribution in [0.4, 0.5) is 5.69 Å². The van der Waals surface area contributed by atoms with Crippen LogP contribution in [0, 0.1) is 17.0 Å². The second-order valence-corrected chi connectivity index (χ2v) is 4.97. The van der Waals surface area contributed by atoms with E-state index in [9.17, 15) is 24.5 Å². The van der Waals surface area contributed by atoms with Gasteiger partial charge in [-0.1, -0.05) is 12.1 Å². The van der Waals surface area contributed by atoms with Gasteiger partial charge in [0.05, 0.1) is 11.5 Å². The number of carbonyl (C=O) groups excluding carboxylic acids is 3. The second kappa shape index (κ2) is 6.86. The van der Waals surface area contributed by atoms with Gasteiger partial charge in [-0.25, -0.2) is 4.79 Å². The van der Waals surface area contributed by atoms with E-state index in [1.807, 2.05) is 0 Å². The predicted molar refractivity (Wildman–Crippen MR) is 77.7 cm³/mol. The third kappa shape index (κ3) is 3.82. The summed E-state index contributed by atoms with van der Waals surface area (Å²) in [6, 6.07) is 4.27. The fourth-order valence-corrected chi connectivity index (χ4v) is 2.21. The number of para-hydroxylation sites is 1. The molecule has 23 heavy (non-hydrogen) atoms. The summed E-state index contributed by atoms with van der Waals surface area (Å²) in [7, 11) is 0. The summed E-state index contributed by atoms with van der Waals surface area (Å²) in [4.78, 5) is 46.7. The molecule has 9 heteroatoms. The molecule has 0 aromatic heterocycles. The molecular weight excluding hydrogens is 306 g/mol. The van der Waals surface area contributed by atoms with Crippen LogP contribution in [0.1, 0.15) is 15.9 Å². The molecule has 2 amide bonds. The average molecular weight is 321 g/mol. The largest absolute Gasteiger partial charge is 0.452 e. The molecule has 0 atom stereocenters. The van der Waals surface area contributed by atoms with E-state index < -0.39 is 23.4 Å². The first-order chi connectivity index (χ1) is 10.9. The van der Waals surface area contributed by atoms with Gasteiger partial charge in [0.1, 0.15) is 5.56 Å². The highest BCUT2D eigenvalue weighted by molar-refractivity contribution is 5.96. The summed E-state index contributed by atoms with van der Waals surface area (Å²) >= 11 is 0. The number of esters is 1. The van der Waals surface area contributed by atoms with Gasteiger partial charge in [-0.05, 0) is 13.0 Å². The first-order valence-electron chi connectivity index (χ1n) is 6.85. The topological polar surface area (TPSA) is 119 Å². The highest BCUT2D eigenvalue weighted by Gasteiger charge is 2.26. The van der Waals surface area contributed by atoms with E-state index in [4.69, 9.17) is 4.74 Å². The number of hydrogen-bond acceptors (Lipinski definition) is 6. The molecule has 0 spiro atoms. The van der Waals surface area contributed by atoms with Crippen LogP contribution in [0.3, 0.4) is 0 Å². The fourth-order valence-electron chi connectivity index (χ4n) is 2.21. The minimum absolute atomic E-state index is 0.0963. The Kier molecular flexibility index (Phi) is 4.89. The normalized spacial score (nSPS) is 14.1. The Bertz CT molecular complexity index is 672. The Hall–Kier alpha value is -2.97. The highest BCUT2D eigenvalue weighted by Crippen LogP contribution is 2.23. The minimum Gasteiger partial charge on any atom is -0.452 e. The summed E-state index contributed by atoms with van der Waals surface area (Å²) in [6.07, 6.45) is 0. The Balaban J connectivity index is 2.03. The van der Waals surface area contributed by atoms with Crippen molar-refractivity contribution >= 4 is 23.5 Å². The van der Waals surface area contributed by atoms with Gasteiger partial charge in [0.25, 0.3) is 11.6 Å². The quantitative estimate of drug-likeness (QED) is 0.474. The lowest BCUT2D eigenvalue weighted by atomic mass is 10.1. The van der Waals surface area contributed by atoms with Crippen molar-refractivity contribution in [3.8, 4) is 0 Å². The van der Waals surface area contributed by atoms with E-state index in [1.54, 1.807) is 0 Å². The third-order valence-electron chi connectivity index (χ3n) is 3.36. The maximum Gasteiger partial charge on any atom is 0.345 e. The lowest BCUT2D eigenvalue weighted by molar-refractivity contribution is -0.385. The summed E-state index contributed by atoms with van der Waals surface area (Å²) in [5.74, 6) is -1.76. The molecule has 0 radical (unpaired) electrons. The van der Waals surface area contributed by atoms with Crippen LogP contribution >= 0.6 is 0 Å². The molecule has 0 aliphatic carbocycles. The van der Waals surface area contributed by atoms with Crippen molar-refractivity contribution in [1.82, 2.24) is 10.2 Å². The lowest BCUT2D eigenvalue weighted by Crippen LogP contribution is -2.51. The van der Waals surface area contributed by atoms with Crippen molar-refractivity contribution in [3.63, 3.8) is 0 Å². The third-order valence-corrected chi connectivity index (χ3v) is 3.36. The first-order valence-corrected chi connectivity index (χ1v) is 6.85. The minimum atomic E-state index is -0.949. The molecule has 2 rings (SSSR count). The Morgan fingerprint density at radius 2 is 2.17 bits per heavy atom. The SMILES string of the molecule is Cc1cccc(C(=O)OCC(=O)N2CCNC(=O)C2)c1[N+](=O)[O-]. The Morgan fingerprint density at radius 3 is 2.83 bits per heavy atom. The number of hydrogen-bond donors (Lipinski definition) is 1. The number of nitrogens with one attached hydrogen (secondary N) is 1. The maximum atomic E-state index is 12.0. The molecule has 1 fully saturated rings. The van der Waals surface area contributed by atoms with Gasteiger partial charge in [-0.3, -0.25) is 19.7 Å². The van der Waals surface area contributed by atoms with Crippen molar-refractivity contribution in [2.45, 2.75) is 6.92 Å². The molecule has 1 saturated heterocycles. The number of aryl methyl sites for hydroxylation is 1. The van der Waals surface area contributed by atoms with Crippen LogP contribution in [0.15, 0.2) is 18.2 Å². The molecule has 0 bridgehead atoms. The van der Waals surface area contributed by atoms with Gasteiger partial charge in [0.2, 0.25) is 5.91 Å². The van der Waals surface area contributed by atoms with Gasteiger partial charge in [0.15, 0.2) is 6.61 Å². The van der Waals surface area contributed by atoms with Gasteiger partial charge >= 0.3 is 5.97 Å². The summed E-state index contributed by atoms with van der Waals surface area (Å²) in [6.45, 7) is 1.50. The molecule has 9 nitrogen and oxygen atoms in total. The number of nitrogens with zero attached hydrogens (tertiary/aromatic N) is 2. The molecule has 0 unspecified atom stereocenters. The first kappa shape index (κ1) is 16.4. The predicted octanol–water partition coefficient (Wildman–Crippen LogP) is 0.0184. The van der Waals surface area contributed by atoms with Crippen LogP contribution in [0.25, 0.3) is 0 Å². The number of ether oxygens (including phenoxy) is 1. The zero-order valence-corrected chi connectivity index (χ0v) is 12.4. The van der Waals surface area contributed by atoms with E-state index in [2.05, 4.69) is 5.32 Å². The molecule has 1 aromatic rings. The number of carbonyl (C=O) groups is 3. The molecule has 1 aromatic carbocycles. The molecule has 1 aliphatic rings. The van der Waals surface area contributed by atoms with Crippen molar-refractivity contribution in [2.75, 3.05) is 26.2 Å². The number of amides is 2. The molecule has 1 N–H and O–H groups in total. The van der Waals surface area contributed by atoms with Crippen molar-refractivity contribution in [3.05, 3.63) is 39.4 Å². The van der Waals surface area contributed by atoms with Crippen molar-refractivity contribution in [2.24, 2.45) is 0 Å². The van der Waals surface area contributed by atoms with E-state index in [-0.39, 0.29) is 23.7 Å². The second-order valence-electron chi connectivity index (χ2n) is 4.97. The van der Waals surface area contributed by atoms with Crippen LogP contribution < -0.4 is 5.32 Å². The van der Waals surface area contributed by atoms with Crippen LogP contribution in [-0.2, 0) is 14.3 Å². The Labute approximate surface area is 131 Å². The summed E-state index contributed by atoms with van der Waals surface area (Å²) < 4.78 is 4.86. The summed E-state index contributed by atoms with van der Waals surface area (Å²) in [5.41, 5.74) is -0.232. The number of rotatable bonds is 4. The van der Waals surface area contributed by atoms with E-state index in [1.165, 1.54) is 30.0 Å². The zero-order valence-electron chi connectivity index (χ0n) is 12.4. The Morgan fingerprint density at radius 1 is 1.43 bits per heavy atom. The van der Waals surface area contributed by atoms with Gasteiger partial charge in [-0.2, -0.15) is 0 Å². The number of benzene rings is 1. The van der Waals surface area contributed by atoms with Gasteiger partial charge < -0.3 is 15.0 Å². The fraction of sp³-hybridized carbons (Fsp3) is 0.357. The standard InChI is InChI=1S/C14H15N3O6/c1-9-3-2-4-10(13(9)17(21)22)14(20)23-8-12(19)16-6-5-15-11(18)7-16/h2-4H,5-8H2,1H3,(H,15,18). The van der Waals surface area contributed by atoms with E-state index in [0.717, 1.165) is 0 Å². The van der Waals surface area contributed by atoms with Crippen LogP contribution in [0.2, 0.25) is 0 Å². The van der Waals surface area contributed by atoms with Crippen molar-refractivity contribution < 1.29 is 24.0 Å². The molecule has 1 heterocycles. The van der Waals surface area contributed by atoms with Crippen LogP contribution in [-0.4, -0.2) is 53.8 Å². The van der Waals surface area contributed by atoms with E-state index >= 15 is 0 Å². The smallest absolute Gasteiger partial charge is 0.345 e. The average Bonchev–Trinajstić information content (AvgIpc) is 2.51. The molecule has 0 saturated carbocycles. The van der Waals surface area contributed by atoms with Gasteiger partial charge in [0, 0.05) is 18.7 Å². The zero-order chi connectivity index (χ0) is 17.0. The van der Waals surface area contributed by atoms with Gasteiger partial charge in [-0.15, -0.1) is 0 Å². The summed E-state index contributed by atoms with van der Waals surface area (Å²) in [5, 5.41) is 13.6. The van der Waals surface area contributed by atoms with E-state index in [0.29, 0.717) is 18.7 Å². The molecule has 1 aliphatic heterocycles. The number of piperazine rings is 1. The molecular formula is C14H15N3O6. The monoisotopic (exact) mass is 321 g/mol. The van der Waals surface area contributed by atoms with Crippen molar-refractivity contribution in [1.29, 1.82) is 0 Å². The van der Waals surface area contributed by atoms with Crippen LogP contribution in [0.5, 0.6) is 0 Å².